The van der Waals surface area contributed by atoms with E-state index in [1.54, 1.807) is 13.1 Å². The van der Waals surface area contributed by atoms with Crippen molar-refractivity contribution >= 4 is 11.8 Å². The Morgan fingerprint density at radius 2 is 2.04 bits per heavy atom. The SMILES string of the molecule is CCC1(C(N)=O)C=C(C(=O)NC)C2=C(C1)C(c1ccccc1)CO2. The molecular weight excluding hydrogens is 304 g/mol. The van der Waals surface area contributed by atoms with Crippen molar-refractivity contribution in [3.8, 4) is 0 Å². The predicted molar refractivity (Wildman–Crippen MR) is 90.8 cm³/mol. The third-order valence-electron chi connectivity index (χ3n) is 5.07. The van der Waals surface area contributed by atoms with E-state index in [1.165, 1.54) is 0 Å². The van der Waals surface area contributed by atoms with Crippen LogP contribution in [0.4, 0.5) is 0 Å². The third kappa shape index (κ3) is 2.50. The van der Waals surface area contributed by atoms with Gasteiger partial charge in [0, 0.05) is 13.0 Å². The summed E-state index contributed by atoms with van der Waals surface area (Å²) in [6.45, 7) is 2.39. The van der Waals surface area contributed by atoms with Crippen LogP contribution in [0.1, 0.15) is 31.2 Å². The van der Waals surface area contributed by atoms with E-state index in [1.807, 2.05) is 37.3 Å². The number of benzene rings is 1. The van der Waals surface area contributed by atoms with Gasteiger partial charge in [-0.15, -0.1) is 0 Å². The number of hydrogen-bond acceptors (Lipinski definition) is 3. The lowest BCUT2D eigenvalue weighted by molar-refractivity contribution is -0.125. The second kappa shape index (κ2) is 6.15. The van der Waals surface area contributed by atoms with Crippen molar-refractivity contribution < 1.29 is 14.3 Å². The smallest absolute Gasteiger partial charge is 0.254 e. The van der Waals surface area contributed by atoms with E-state index in [2.05, 4.69) is 5.32 Å². The van der Waals surface area contributed by atoms with Crippen molar-refractivity contribution in [2.45, 2.75) is 25.7 Å². The van der Waals surface area contributed by atoms with E-state index < -0.39 is 11.3 Å². The van der Waals surface area contributed by atoms with Crippen molar-refractivity contribution in [3.63, 3.8) is 0 Å². The highest BCUT2D eigenvalue weighted by Crippen LogP contribution is 2.48. The monoisotopic (exact) mass is 326 g/mol. The van der Waals surface area contributed by atoms with Crippen molar-refractivity contribution in [2.24, 2.45) is 11.1 Å². The van der Waals surface area contributed by atoms with Crippen LogP contribution in [0.25, 0.3) is 0 Å². The molecule has 1 aliphatic heterocycles. The van der Waals surface area contributed by atoms with Gasteiger partial charge in [-0.25, -0.2) is 0 Å². The summed E-state index contributed by atoms with van der Waals surface area (Å²) in [5.74, 6) is -0.0139. The third-order valence-corrected chi connectivity index (χ3v) is 5.07. The fourth-order valence-corrected chi connectivity index (χ4v) is 3.55. The first-order valence-corrected chi connectivity index (χ1v) is 8.18. The molecule has 126 valence electrons. The maximum atomic E-state index is 12.3. The molecule has 0 saturated carbocycles. The minimum atomic E-state index is -0.846. The van der Waals surface area contributed by atoms with Crippen LogP contribution in [0.2, 0.25) is 0 Å². The largest absolute Gasteiger partial charge is 0.492 e. The minimum absolute atomic E-state index is 0.0415. The van der Waals surface area contributed by atoms with Gasteiger partial charge in [0.2, 0.25) is 5.91 Å². The molecule has 2 amide bonds. The summed E-state index contributed by atoms with van der Waals surface area (Å²) < 4.78 is 5.88. The van der Waals surface area contributed by atoms with E-state index in [9.17, 15) is 9.59 Å². The van der Waals surface area contributed by atoms with Crippen LogP contribution in [0.3, 0.4) is 0 Å². The summed E-state index contributed by atoms with van der Waals surface area (Å²) in [6, 6.07) is 10.0. The van der Waals surface area contributed by atoms with Crippen molar-refractivity contribution in [1.82, 2.24) is 5.32 Å². The highest BCUT2D eigenvalue weighted by Gasteiger charge is 2.45. The molecule has 1 aliphatic carbocycles. The molecule has 5 nitrogen and oxygen atoms in total. The molecule has 2 atom stereocenters. The van der Waals surface area contributed by atoms with Gasteiger partial charge in [-0.2, -0.15) is 0 Å². The van der Waals surface area contributed by atoms with Gasteiger partial charge in [0.15, 0.2) is 0 Å². The molecule has 24 heavy (non-hydrogen) atoms. The van der Waals surface area contributed by atoms with Crippen LogP contribution in [0, 0.1) is 5.41 Å². The zero-order valence-electron chi connectivity index (χ0n) is 14.0. The zero-order valence-corrected chi connectivity index (χ0v) is 14.0. The average Bonchev–Trinajstić information content (AvgIpc) is 3.04. The second-order valence-corrected chi connectivity index (χ2v) is 6.32. The number of nitrogens with one attached hydrogen (secondary N) is 1. The Kier molecular flexibility index (Phi) is 4.18. The van der Waals surface area contributed by atoms with Gasteiger partial charge in [0.05, 0.1) is 17.6 Å². The summed E-state index contributed by atoms with van der Waals surface area (Å²) in [5.41, 5.74) is 7.38. The van der Waals surface area contributed by atoms with E-state index in [0.29, 0.717) is 30.8 Å². The molecule has 1 heterocycles. The lowest BCUT2D eigenvalue weighted by atomic mass is 9.70. The summed E-state index contributed by atoms with van der Waals surface area (Å²) in [6.07, 6.45) is 2.73. The molecule has 3 rings (SSSR count). The van der Waals surface area contributed by atoms with E-state index in [4.69, 9.17) is 10.5 Å². The van der Waals surface area contributed by atoms with Gasteiger partial charge in [0.1, 0.15) is 5.76 Å². The maximum absolute atomic E-state index is 12.3. The molecule has 1 aromatic carbocycles. The van der Waals surface area contributed by atoms with Gasteiger partial charge in [-0.3, -0.25) is 9.59 Å². The van der Waals surface area contributed by atoms with E-state index in [-0.39, 0.29) is 11.8 Å². The lowest BCUT2D eigenvalue weighted by Crippen LogP contribution is -2.39. The van der Waals surface area contributed by atoms with Gasteiger partial charge in [-0.05, 0) is 24.0 Å². The number of carbonyl (C=O) groups is 2. The Labute approximate surface area is 141 Å². The number of likely N-dealkylation sites (N-methyl/N-ethyl adjacent to an activating group) is 1. The molecule has 0 saturated heterocycles. The van der Waals surface area contributed by atoms with Crippen LogP contribution in [-0.2, 0) is 14.3 Å². The topological polar surface area (TPSA) is 81.4 Å². The second-order valence-electron chi connectivity index (χ2n) is 6.32. The number of hydrogen-bond donors (Lipinski definition) is 2. The van der Waals surface area contributed by atoms with Crippen LogP contribution >= 0.6 is 0 Å². The average molecular weight is 326 g/mol. The Morgan fingerprint density at radius 3 is 2.62 bits per heavy atom. The number of nitrogens with two attached hydrogens (primary N) is 1. The summed E-state index contributed by atoms with van der Waals surface area (Å²) in [7, 11) is 1.57. The van der Waals surface area contributed by atoms with E-state index >= 15 is 0 Å². The van der Waals surface area contributed by atoms with Gasteiger partial charge >= 0.3 is 0 Å². The Bertz CT molecular complexity index is 736. The van der Waals surface area contributed by atoms with Crippen LogP contribution in [-0.4, -0.2) is 25.5 Å². The van der Waals surface area contributed by atoms with Crippen LogP contribution < -0.4 is 11.1 Å². The molecular formula is C19H22N2O3. The first kappa shape index (κ1) is 16.3. The van der Waals surface area contributed by atoms with Crippen molar-refractivity contribution in [2.75, 3.05) is 13.7 Å². The maximum Gasteiger partial charge on any atom is 0.254 e. The zero-order chi connectivity index (χ0) is 17.3. The van der Waals surface area contributed by atoms with Crippen molar-refractivity contribution in [1.29, 1.82) is 0 Å². The molecule has 2 unspecified atom stereocenters. The summed E-state index contributed by atoms with van der Waals surface area (Å²) in [4.78, 5) is 24.5. The summed E-state index contributed by atoms with van der Waals surface area (Å²) >= 11 is 0. The minimum Gasteiger partial charge on any atom is -0.492 e. The molecule has 1 aromatic rings. The summed E-state index contributed by atoms with van der Waals surface area (Å²) in [5, 5.41) is 2.63. The predicted octanol–water partition coefficient (Wildman–Crippen LogP) is 2.01. The Morgan fingerprint density at radius 1 is 1.33 bits per heavy atom. The normalized spacial score (nSPS) is 25.6. The number of ether oxygens (including phenoxy) is 1. The Balaban J connectivity index is 2.11. The molecule has 0 aromatic heterocycles. The molecule has 5 heteroatoms. The number of carbonyl (C=O) groups excluding carboxylic acids is 2. The number of primary amides is 1. The fraction of sp³-hybridized carbons (Fsp3) is 0.368. The fourth-order valence-electron chi connectivity index (χ4n) is 3.55. The van der Waals surface area contributed by atoms with Gasteiger partial charge in [0.25, 0.3) is 5.91 Å². The van der Waals surface area contributed by atoms with E-state index in [0.717, 1.165) is 11.1 Å². The number of amides is 2. The number of rotatable bonds is 4. The quantitative estimate of drug-likeness (QED) is 0.888. The molecule has 0 bridgehead atoms. The van der Waals surface area contributed by atoms with Crippen LogP contribution in [0.15, 0.2) is 53.3 Å². The van der Waals surface area contributed by atoms with Crippen molar-refractivity contribution in [3.05, 3.63) is 58.9 Å². The molecule has 0 fully saturated rings. The molecule has 2 aliphatic rings. The molecule has 0 spiro atoms. The highest BCUT2D eigenvalue weighted by atomic mass is 16.5. The van der Waals surface area contributed by atoms with Gasteiger partial charge in [-0.1, -0.05) is 43.3 Å². The molecule has 0 radical (unpaired) electrons. The van der Waals surface area contributed by atoms with Crippen LogP contribution in [0.5, 0.6) is 0 Å². The highest BCUT2D eigenvalue weighted by molar-refractivity contribution is 5.99. The first-order valence-electron chi connectivity index (χ1n) is 8.18. The standard InChI is InChI=1S/C19H22N2O3/c1-3-19(18(20)23)9-13-15(12-7-5-4-6-8-12)11-24-16(13)14(10-19)17(22)21-2/h4-8,10,15H,3,9,11H2,1-2H3,(H2,20,23)(H,21,22). The lowest BCUT2D eigenvalue weighted by Gasteiger charge is -2.32. The Hall–Kier alpha value is -2.56. The first-order chi connectivity index (χ1) is 11.5. The molecule has 3 N–H and O–H groups in total. The van der Waals surface area contributed by atoms with Gasteiger partial charge < -0.3 is 15.8 Å².